The van der Waals surface area contributed by atoms with Crippen molar-refractivity contribution in [1.82, 2.24) is 9.80 Å². The molecule has 0 aromatic carbocycles. The summed E-state index contributed by atoms with van der Waals surface area (Å²) in [5.41, 5.74) is 5.78. The van der Waals surface area contributed by atoms with Crippen molar-refractivity contribution in [3.8, 4) is 0 Å². The van der Waals surface area contributed by atoms with Crippen molar-refractivity contribution in [2.45, 2.75) is 31.5 Å². The van der Waals surface area contributed by atoms with E-state index in [4.69, 9.17) is 5.73 Å². The van der Waals surface area contributed by atoms with E-state index in [2.05, 4.69) is 0 Å². The average molecular weight is 279 g/mol. The van der Waals surface area contributed by atoms with Crippen LogP contribution in [-0.2, 0) is 4.79 Å². The van der Waals surface area contributed by atoms with E-state index in [1.807, 2.05) is 0 Å². The minimum Gasteiger partial charge on any atom is -0.340 e. The molecule has 2 atom stereocenters. The molecule has 0 aromatic heterocycles. The third-order valence-corrected chi connectivity index (χ3v) is 3.91. The maximum absolute atomic E-state index is 12.2. The van der Waals surface area contributed by atoms with Crippen LogP contribution in [0.3, 0.4) is 0 Å². The van der Waals surface area contributed by atoms with E-state index in [0.29, 0.717) is 32.6 Å². The van der Waals surface area contributed by atoms with Gasteiger partial charge in [-0.2, -0.15) is 13.2 Å². The molecule has 4 nitrogen and oxygen atoms in total. The van der Waals surface area contributed by atoms with E-state index in [-0.39, 0.29) is 17.9 Å². The van der Waals surface area contributed by atoms with Crippen LogP contribution in [0.1, 0.15) is 19.3 Å². The molecule has 110 valence electrons. The molecular weight excluding hydrogens is 259 g/mol. The minimum atomic E-state index is -4.16. The second-order valence-electron chi connectivity index (χ2n) is 5.49. The van der Waals surface area contributed by atoms with E-state index in [1.54, 1.807) is 4.90 Å². The zero-order chi connectivity index (χ0) is 14.0. The second-order valence-corrected chi connectivity index (χ2v) is 5.49. The van der Waals surface area contributed by atoms with E-state index < -0.39 is 12.7 Å². The van der Waals surface area contributed by atoms with Crippen LogP contribution in [-0.4, -0.2) is 60.6 Å². The fourth-order valence-corrected chi connectivity index (χ4v) is 2.88. The van der Waals surface area contributed by atoms with E-state index in [0.717, 1.165) is 12.8 Å². The van der Waals surface area contributed by atoms with Crippen molar-refractivity contribution in [2.75, 3.05) is 32.7 Å². The van der Waals surface area contributed by atoms with Crippen LogP contribution in [0.4, 0.5) is 13.2 Å². The number of hydrogen-bond donors (Lipinski definition) is 1. The maximum Gasteiger partial charge on any atom is 0.401 e. The zero-order valence-corrected chi connectivity index (χ0v) is 10.8. The normalized spacial score (nSPS) is 29.8. The third kappa shape index (κ3) is 4.07. The number of nitrogens with zero attached hydrogens (tertiary/aromatic N) is 2. The summed E-state index contributed by atoms with van der Waals surface area (Å²) in [5.74, 6) is 0.0452. The predicted octanol–water partition coefficient (Wildman–Crippen LogP) is 0.820. The molecular formula is C12H20F3N3O. The first-order chi connectivity index (χ1) is 8.85. The van der Waals surface area contributed by atoms with Gasteiger partial charge in [0, 0.05) is 38.1 Å². The molecule has 0 bridgehead atoms. The summed E-state index contributed by atoms with van der Waals surface area (Å²) in [4.78, 5) is 15.2. The van der Waals surface area contributed by atoms with Gasteiger partial charge in [-0.3, -0.25) is 9.69 Å². The van der Waals surface area contributed by atoms with E-state index in [9.17, 15) is 18.0 Å². The lowest BCUT2D eigenvalue weighted by Crippen LogP contribution is -2.52. The number of carbonyl (C=O) groups excluding carboxylic acids is 1. The molecule has 1 saturated carbocycles. The summed E-state index contributed by atoms with van der Waals surface area (Å²) in [6, 6.07) is 0.0977. The van der Waals surface area contributed by atoms with Crippen molar-refractivity contribution in [3.05, 3.63) is 0 Å². The standard InChI is InChI=1S/C12H20F3N3O/c13-12(14,15)8-17-3-5-18(6-4-17)11(19)9-1-2-10(16)7-9/h9-10H,1-8,16H2. The highest BCUT2D eigenvalue weighted by atomic mass is 19.4. The van der Waals surface area contributed by atoms with Crippen LogP contribution in [0.15, 0.2) is 0 Å². The number of hydrogen-bond acceptors (Lipinski definition) is 3. The molecule has 0 aromatic rings. The number of nitrogens with two attached hydrogens (primary N) is 1. The van der Waals surface area contributed by atoms with Crippen molar-refractivity contribution in [2.24, 2.45) is 11.7 Å². The number of carbonyl (C=O) groups is 1. The Morgan fingerprint density at radius 2 is 1.79 bits per heavy atom. The largest absolute Gasteiger partial charge is 0.401 e. The molecule has 2 N–H and O–H groups in total. The molecule has 1 heterocycles. The van der Waals surface area contributed by atoms with Crippen molar-refractivity contribution >= 4 is 5.91 Å². The summed E-state index contributed by atoms with van der Waals surface area (Å²) in [5, 5.41) is 0. The molecule has 2 unspecified atom stereocenters. The first kappa shape index (κ1) is 14.6. The fourth-order valence-electron chi connectivity index (χ4n) is 2.88. The molecule has 2 aliphatic rings. The van der Waals surface area contributed by atoms with Gasteiger partial charge in [-0.15, -0.1) is 0 Å². The van der Waals surface area contributed by atoms with Crippen molar-refractivity contribution in [3.63, 3.8) is 0 Å². The molecule has 0 radical (unpaired) electrons. The molecule has 1 aliphatic heterocycles. The van der Waals surface area contributed by atoms with Gasteiger partial charge in [-0.1, -0.05) is 0 Å². The summed E-state index contributed by atoms with van der Waals surface area (Å²) < 4.78 is 36.7. The zero-order valence-electron chi connectivity index (χ0n) is 10.8. The predicted molar refractivity (Wildman–Crippen MR) is 64.4 cm³/mol. The Hall–Kier alpha value is -0.820. The van der Waals surface area contributed by atoms with Crippen molar-refractivity contribution < 1.29 is 18.0 Å². The number of piperazine rings is 1. The molecule has 1 saturated heterocycles. The van der Waals surface area contributed by atoms with E-state index in [1.165, 1.54) is 4.90 Å². The van der Waals surface area contributed by atoms with Crippen LogP contribution in [0.5, 0.6) is 0 Å². The molecule has 2 rings (SSSR count). The number of alkyl halides is 3. The Morgan fingerprint density at radius 3 is 2.26 bits per heavy atom. The Morgan fingerprint density at radius 1 is 1.16 bits per heavy atom. The molecule has 19 heavy (non-hydrogen) atoms. The van der Waals surface area contributed by atoms with Gasteiger partial charge in [0.2, 0.25) is 5.91 Å². The summed E-state index contributed by atoms with van der Waals surface area (Å²) in [7, 11) is 0. The Balaban J connectivity index is 1.78. The maximum atomic E-state index is 12.2. The Kier molecular flexibility index (Phi) is 4.35. The van der Waals surface area contributed by atoms with Crippen LogP contribution >= 0.6 is 0 Å². The van der Waals surface area contributed by atoms with Gasteiger partial charge in [0.25, 0.3) is 0 Å². The van der Waals surface area contributed by atoms with E-state index >= 15 is 0 Å². The monoisotopic (exact) mass is 279 g/mol. The fraction of sp³-hybridized carbons (Fsp3) is 0.917. The third-order valence-electron chi connectivity index (χ3n) is 3.91. The minimum absolute atomic E-state index is 0.0239. The van der Waals surface area contributed by atoms with Gasteiger partial charge < -0.3 is 10.6 Å². The SMILES string of the molecule is NC1CCC(C(=O)N2CCN(CC(F)(F)F)CC2)C1. The number of halogens is 3. The molecule has 7 heteroatoms. The highest BCUT2D eigenvalue weighted by molar-refractivity contribution is 5.79. The molecule has 1 amide bonds. The summed E-state index contributed by atoms with van der Waals surface area (Å²) in [6.45, 7) is 0.485. The lowest BCUT2D eigenvalue weighted by atomic mass is 10.1. The average Bonchev–Trinajstić information content (AvgIpc) is 2.74. The second kappa shape index (κ2) is 5.66. The first-order valence-electron chi connectivity index (χ1n) is 6.68. The summed E-state index contributed by atoms with van der Waals surface area (Å²) in [6.07, 6.45) is -1.78. The highest BCUT2D eigenvalue weighted by Crippen LogP contribution is 2.26. The first-order valence-corrected chi connectivity index (χ1v) is 6.68. The Labute approximate surface area is 110 Å². The van der Waals surface area contributed by atoms with Gasteiger partial charge in [0.15, 0.2) is 0 Å². The molecule has 2 fully saturated rings. The van der Waals surface area contributed by atoms with Crippen LogP contribution < -0.4 is 5.73 Å². The van der Waals surface area contributed by atoms with Gasteiger partial charge in [-0.05, 0) is 19.3 Å². The quantitative estimate of drug-likeness (QED) is 0.814. The lowest BCUT2D eigenvalue weighted by molar-refractivity contribution is -0.152. The Bertz CT molecular complexity index is 327. The smallest absolute Gasteiger partial charge is 0.340 e. The molecule has 0 spiro atoms. The lowest BCUT2D eigenvalue weighted by Gasteiger charge is -2.36. The van der Waals surface area contributed by atoms with Crippen molar-refractivity contribution in [1.29, 1.82) is 0 Å². The highest BCUT2D eigenvalue weighted by Gasteiger charge is 2.35. The van der Waals surface area contributed by atoms with Gasteiger partial charge in [-0.25, -0.2) is 0 Å². The number of amides is 1. The van der Waals surface area contributed by atoms with Gasteiger partial charge in [0.05, 0.1) is 6.54 Å². The topological polar surface area (TPSA) is 49.6 Å². The summed E-state index contributed by atoms with van der Waals surface area (Å²) >= 11 is 0. The van der Waals surface area contributed by atoms with Gasteiger partial charge >= 0.3 is 6.18 Å². The number of rotatable bonds is 2. The van der Waals surface area contributed by atoms with Crippen LogP contribution in [0, 0.1) is 5.92 Å². The van der Waals surface area contributed by atoms with Crippen LogP contribution in [0.2, 0.25) is 0 Å². The molecule has 1 aliphatic carbocycles. The van der Waals surface area contributed by atoms with Gasteiger partial charge in [0.1, 0.15) is 0 Å². The van der Waals surface area contributed by atoms with Crippen LogP contribution in [0.25, 0.3) is 0 Å².